The van der Waals surface area contributed by atoms with Crippen molar-refractivity contribution in [3.8, 4) is 0 Å². The smallest absolute Gasteiger partial charge is 0.223 e. The van der Waals surface area contributed by atoms with Gasteiger partial charge >= 0.3 is 0 Å². The van der Waals surface area contributed by atoms with Crippen molar-refractivity contribution in [3.63, 3.8) is 0 Å². The highest BCUT2D eigenvalue weighted by atomic mass is 35.5. The molecule has 0 saturated carbocycles. The summed E-state index contributed by atoms with van der Waals surface area (Å²) in [5.41, 5.74) is 0.973. The first-order valence-corrected chi connectivity index (χ1v) is 7.30. The Morgan fingerprint density at radius 3 is 2.94 bits per heavy atom. The predicted molar refractivity (Wildman–Crippen MR) is 73.7 cm³/mol. The first-order chi connectivity index (χ1) is 8.13. The van der Waals surface area contributed by atoms with Crippen LogP contribution in [-0.4, -0.2) is 23.1 Å². The number of carbonyl (C=O) groups is 1. The summed E-state index contributed by atoms with van der Waals surface area (Å²) < 4.78 is 0. The molecule has 1 aliphatic heterocycles. The summed E-state index contributed by atoms with van der Waals surface area (Å²) in [5, 5.41) is 1.29. The molecule has 92 valence electrons. The number of carbonyl (C=O) groups excluding carboxylic acids is 1. The maximum absolute atomic E-state index is 11.8. The number of halogens is 2. The van der Waals surface area contributed by atoms with Crippen molar-refractivity contribution in [2.75, 3.05) is 12.3 Å². The molecule has 1 heterocycles. The zero-order valence-electron chi connectivity index (χ0n) is 9.45. The van der Waals surface area contributed by atoms with Crippen molar-refractivity contribution < 1.29 is 4.79 Å². The van der Waals surface area contributed by atoms with E-state index < -0.39 is 0 Å². The summed E-state index contributed by atoms with van der Waals surface area (Å²) in [6.07, 6.45) is 0.530. The highest BCUT2D eigenvalue weighted by Gasteiger charge is 2.30. The molecular formula is C12H13Cl2NOS. The minimum Gasteiger partial charge on any atom is -0.326 e. The molecule has 0 aliphatic carbocycles. The van der Waals surface area contributed by atoms with Crippen molar-refractivity contribution in [1.29, 1.82) is 0 Å². The van der Waals surface area contributed by atoms with E-state index in [1.54, 1.807) is 17.8 Å². The number of hydrogen-bond donors (Lipinski definition) is 0. The average molecular weight is 290 g/mol. The van der Waals surface area contributed by atoms with Gasteiger partial charge in [-0.25, -0.2) is 0 Å². The fraction of sp³-hybridized carbons (Fsp3) is 0.417. The number of nitrogens with zero attached hydrogens (tertiary/aromatic N) is 1. The number of thioether (sulfide) groups is 1. The minimum absolute atomic E-state index is 0.0345. The average Bonchev–Trinajstić information content (AvgIpc) is 2.77. The molecule has 1 aliphatic rings. The Morgan fingerprint density at radius 2 is 2.29 bits per heavy atom. The lowest BCUT2D eigenvalue weighted by molar-refractivity contribution is -0.130. The van der Waals surface area contributed by atoms with E-state index in [4.69, 9.17) is 23.2 Å². The summed E-state index contributed by atoms with van der Waals surface area (Å²) >= 11 is 13.8. The summed E-state index contributed by atoms with van der Waals surface area (Å²) in [6.45, 7) is 2.67. The molecule has 2 rings (SSSR count). The second-order valence-corrected chi connectivity index (χ2v) is 5.86. The molecule has 1 aromatic carbocycles. The Bertz CT molecular complexity index is 439. The monoisotopic (exact) mass is 289 g/mol. The minimum atomic E-state index is 0.0345. The maximum atomic E-state index is 11.8. The third kappa shape index (κ3) is 2.72. The van der Waals surface area contributed by atoms with Gasteiger partial charge in [0.15, 0.2) is 0 Å². The number of hydrogen-bond acceptors (Lipinski definition) is 2. The molecule has 1 fully saturated rings. The van der Waals surface area contributed by atoms with Gasteiger partial charge in [-0.3, -0.25) is 4.79 Å². The van der Waals surface area contributed by atoms with Gasteiger partial charge in [-0.1, -0.05) is 36.2 Å². The van der Waals surface area contributed by atoms with Crippen molar-refractivity contribution in [2.24, 2.45) is 0 Å². The summed E-state index contributed by atoms with van der Waals surface area (Å²) in [4.78, 5) is 13.7. The van der Waals surface area contributed by atoms with E-state index in [0.717, 1.165) is 17.9 Å². The molecule has 1 atom stereocenters. The van der Waals surface area contributed by atoms with Crippen LogP contribution in [0.2, 0.25) is 10.0 Å². The van der Waals surface area contributed by atoms with Gasteiger partial charge in [0.25, 0.3) is 0 Å². The molecule has 1 amide bonds. The van der Waals surface area contributed by atoms with Gasteiger partial charge in [-0.05, 0) is 12.1 Å². The molecule has 1 saturated heterocycles. The van der Waals surface area contributed by atoms with E-state index in [1.807, 2.05) is 24.0 Å². The molecule has 0 N–H and O–H groups in total. The molecule has 0 bridgehead atoms. The van der Waals surface area contributed by atoms with E-state index in [1.165, 1.54) is 0 Å². The third-order valence-corrected chi connectivity index (χ3v) is 4.55. The van der Waals surface area contributed by atoms with Crippen LogP contribution < -0.4 is 0 Å². The standard InChI is InChI=1S/C12H13Cl2NOS/c1-2-11(16)15-5-6-17-12(15)9-4-3-8(13)7-10(9)14/h3-4,7,12H,2,5-6H2,1H3/t12-/m0/s1. The number of rotatable bonds is 2. The van der Waals surface area contributed by atoms with Crippen molar-refractivity contribution in [3.05, 3.63) is 33.8 Å². The van der Waals surface area contributed by atoms with Crippen LogP contribution in [-0.2, 0) is 4.79 Å². The van der Waals surface area contributed by atoms with E-state index in [9.17, 15) is 4.79 Å². The van der Waals surface area contributed by atoms with Crippen LogP contribution >= 0.6 is 35.0 Å². The Balaban J connectivity index is 2.29. The normalized spacial score (nSPS) is 19.7. The first kappa shape index (κ1) is 13.1. The van der Waals surface area contributed by atoms with Crippen LogP contribution in [0.25, 0.3) is 0 Å². The van der Waals surface area contributed by atoms with Gasteiger partial charge in [-0.15, -0.1) is 11.8 Å². The second kappa shape index (κ2) is 5.51. The topological polar surface area (TPSA) is 20.3 Å². The van der Waals surface area contributed by atoms with Crippen LogP contribution in [0.15, 0.2) is 18.2 Å². The fourth-order valence-electron chi connectivity index (χ4n) is 1.89. The fourth-order valence-corrected chi connectivity index (χ4v) is 3.78. The largest absolute Gasteiger partial charge is 0.326 e. The highest BCUT2D eigenvalue weighted by molar-refractivity contribution is 7.99. The summed E-state index contributed by atoms with van der Waals surface area (Å²) in [7, 11) is 0. The van der Waals surface area contributed by atoms with Gasteiger partial charge in [0.05, 0.1) is 0 Å². The Labute approximate surface area is 115 Å². The molecule has 17 heavy (non-hydrogen) atoms. The maximum Gasteiger partial charge on any atom is 0.223 e. The zero-order chi connectivity index (χ0) is 12.4. The number of benzene rings is 1. The third-order valence-electron chi connectivity index (χ3n) is 2.74. The van der Waals surface area contributed by atoms with Crippen LogP contribution in [0.3, 0.4) is 0 Å². The van der Waals surface area contributed by atoms with Gasteiger partial charge in [-0.2, -0.15) is 0 Å². The van der Waals surface area contributed by atoms with Crippen molar-refractivity contribution >= 4 is 40.9 Å². The van der Waals surface area contributed by atoms with Gasteiger partial charge < -0.3 is 4.90 Å². The van der Waals surface area contributed by atoms with Crippen molar-refractivity contribution in [2.45, 2.75) is 18.7 Å². The summed E-state index contributed by atoms with van der Waals surface area (Å²) in [5.74, 6) is 1.13. The second-order valence-electron chi connectivity index (χ2n) is 3.83. The molecule has 0 unspecified atom stereocenters. The highest BCUT2D eigenvalue weighted by Crippen LogP contribution is 2.41. The van der Waals surface area contributed by atoms with E-state index in [-0.39, 0.29) is 11.3 Å². The predicted octanol–water partition coefficient (Wildman–Crippen LogP) is 3.98. The zero-order valence-corrected chi connectivity index (χ0v) is 11.8. The Kier molecular flexibility index (Phi) is 4.23. The number of amides is 1. The van der Waals surface area contributed by atoms with E-state index >= 15 is 0 Å². The lowest BCUT2D eigenvalue weighted by Gasteiger charge is -2.24. The molecule has 0 radical (unpaired) electrons. The molecule has 2 nitrogen and oxygen atoms in total. The Hall–Kier alpha value is -0.380. The van der Waals surface area contributed by atoms with E-state index in [0.29, 0.717) is 16.5 Å². The summed E-state index contributed by atoms with van der Waals surface area (Å²) in [6, 6.07) is 5.45. The SMILES string of the molecule is CCC(=O)N1CCS[C@H]1c1ccc(Cl)cc1Cl. The van der Waals surface area contributed by atoms with Crippen LogP contribution in [0.5, 0.6) is 0 Å². The quantitative estimate of drug-likeness (QED) is 0.821. The van der Waals surface area contributed by atoms with Crippen LogP contribution in [0, 0.1) is 0 Å². The Morgan fingerprint density at radius 1 is 1.53 bits per heavy atom. The first-order valence-electron chi connectivity index (χ1n) is 5.49. The van der Waals surface area contributed by atoms with Crippen LogP contribution in [0.1, 0.15) is 24.3 Å². The van der Waals surface area contributed by atoms with Crippen LogP contribution in [0.4, 0.5) is 0 Å². The van der Waals surface area contributed by atoms with Gasteiger partial charge in [0, 0.05) is 34.3 Å². The molecule has 1 aromatic rings. The van der Waals surface area contributed by atoms with Gasteiger partial charge in [0.1, 0.15) is 5.37 Å². The molecular weight excluding hydrogens is 277 g/mol. The van der Waals surface area contributed by atoms with E-state index in [2.05, 4.69) is 0 Å². The molecule has 0 spiro atoms. The molecule has 5 heteroatoms. The van der Waals surface area contributed by atoms with Gasteiger partial charge in [0.2, 0.25) is 5.91 Å². The molecule has 0 aromatic heterocycles. The van der Waals surface area contributed by atoms with Crippen molar-refractivity contribution in [1.82, 2.24) is 4.90 Å². The lowest BCUT2D eigenvalue weighted by Crippen LogP contribution is -2.29. The lowest BCUT2D eigenvalue weighted by atomic mass is 10.2.